The van der Waals surface area contributed by atoms with E-state index < -0.39 is 11.9 Å². The average molecular weight is 360 g/mol. The van der Waals surface area contributed by atoms with Crippen LogP contribution >= 0.6 is 0 Å². The first kappa shape index (κ1) is 18.8. The number of nitrogens with zero attached hydrogens (tertiary/aromatic N) is 4. The number of rotatable bonds is 5. The van der Waals surface area contributed by atoms with E-state index in [4.69, 9.17) is 5.84 Å². The van der Waals surface area contributed by atoms with E-state index in [-0.39, 0.29) is 29.4 Å². The van der Waals surface area contributed by atoms with Gasteiger partial charge in [-0.15, -0.1) is 5.10 Å². The Morgan fingerprint density at radius 2 is 2.15 bits per heavy atom. The molecule has 9 nitrogen and oxygen atoms in total. The maximum absolute atomic E-state index is 13.3. The number of aromatic nitrogens is 2. The van der Waals surface area contributed by atoms with Crippen LogP contribution in [0.2, 0.25) is 0 Å². The van der Waals surface area contributed by atoms with Crippen LogP contribution in [0.15, 0.2) is 34.5 Å². The fourth-order valence-corrected chi connectivity index (χ4v) is 2.10. The molecule has 0 saturated carbocycles. The molecule has 1 heterocycles. The van der Waals surface area contributed by atoms with Gasteiger partial charge in [-0.2, -0.15) is 5.10 Å². The Kier molecular flexibility index (Phi) is 5.78. The minimum absolute atomic E-state index is 0.117. The lowest BCUT2D eigenvalue weighted by Gasteiger charge is -2.10. The number of carbonyl (C=O) groups excluding carboxylic acids is 2. The van der Waals surface area contributed by atoms with Gasteiger partial charge >= 0.3 is 5.97 Å². The van der Waals surface area contributed by atoms with Crippen LogP contribution in [0.4, 0.5) is 4.39 Å². The Hall–Kier alpha value is -3.56. The second-order valence-corrected chi connectivity index (χ2v) is 5.20. The van der Waals surface area contributed by atoms with Gasteiger partial charge in [-0.3, -0.25) is 4.79 Å². The number of nitrogen functional groups attached to an aromatic ring is 1. The molecule has 2 rings (SSSR count). The molecule has 0 aliphatic carbocycles. The van der Waals surface area contributed by atoms with Crippen LogP contribution < -0.4 is 16.8 Å². The van der Waals surface area contributed by atoms with E-state index in [0.717, 1.165) is 4.68 Å². The summed E-state index contributed by atoms with van der Waals surface area (Å²) in [6.07, 6.45) is 0. The van der Waals surface area contributed by atoms with Crippen LogP contribution in [0.1, 0.15) is 32.1 Å². The van der Waals surface area contributed by atoms with Gasteiger partial charge in [-0.1, -0.05) is 12.1 Å². The molecule has 3 N–H and O–H groups in total. The van der Waals surface area contributed by atoms with Crippen LogP contribution in [-0.4, -0.2) is 35.4 Å². The minimum atomic E-state index is -0.779. The molecule has 0 radical (unpaired) electrons. The molecule has 1 amide bonds. The van der Waals surface area contributed by atoms with E-state index in [0.29, 0.717) is 11.1 Å². The number of amides is 1. The first-order chi connectivity index (χ1) is 12.4. The van der Waals surface area contributed by atoms with E-state index in [1.165, 1.54) is 19.2 Å². The van der Waals surface area contributed by atoms with Gasteiger partial charge in [0.15, 0.2) is 5.69 Å². The topological polar surface area (TPSA) is 124 Å². The van der Waals surface area contributed by atoms with Gasteiger partial charge in [0.05, 0.1) is 7.11 Å². The van der Waals surface area contributed by atoms with Crippen LogP contribution in [0.25, 0.3) is 0 Å². The Morgan fingerprint density at radius 1 is 1.42 bits per heavy atom. The number of nitrogens with one attached hydrogen (secondary N) is 1. The van der Waals surface area contributed by atoms with Crippen molar-refractivity contribution in [1.82, 2.24) is 15.0 Å². The fraction of sp³-hybridized carbons (Fsp3) is 0.188. The van der Waals surface area contributed by atoms with Crippen molar-refractivity contribution < 1.29 is 18.7 Å². The lowest BCUT2D eigenvalue weighted by atomic mass is 10.1. The van der Waals surface area contributed by atoms with Crippen molar-refractivity contribution in [1.29, 1.82) is 0 Å². The SMILES string of the molecule is C=N/N=c1/nc(C(=O)NCc2ccc(F)c(C)c2)cc(C(=O)OC)n1N. The van der Waals surface area contributed by atoms with Gasteiger partial charge in [0.25, 0.3) is 11.5 Å². The maximum Gasteiger partial charge on any atom is 0.356 e. The molecule has 0 bridgehead atoms. The van der Waals surface area contributed by atoms with Crippen LogP contribution in [-0.2, 0) is 11.3 Å². The van der Waals surface area contributed by atoms with Gasteiger partial charge in [0.1, 0.15) is 11.5 Å². The van der Waals surface area contributed by atoms with Gasteiger partial charge in [0.2, 0.25) is 0 Å². The van der Waals surface area contributed by atoms with E-state index in [2.05, 4.69) is 32.0 Å². The number of carbonyl (C=O) groups is 2. The summed E-state index contributed by atoms with van der Waals surface area (Å²) in [5.74, 6) is 4.02. The van der Waals surface area contributed by atoms with Gasteiger partial charge < -0.3 is 15.9 Å². The Morgan fingerprint density at radius 3 is 2.77 bits per heavy atom. The van der Waals surface area contributed by atoms with Crippen molar-refractivity contribution in [3.8, 4) is 0 Å². The van der Waals surface area contributed by atoms with Crippen LogP contribution in [0.3, 0.4) is 0 Å². The Balaban J connectivity index is 2.31. The van der Waals surface area contributed by atoms with Crippen molar-refractivity contribution >= 4 is 18.6 Å². The molecule has 1 aromatic carbocycles. The zero-order valence-electron chi connectivity index (χ0n) is 14.2. The molecule has 1 aromatic heterocycles. The van der Waals surface area contributed by atoms with Crippen LogP contribution in [0.5, 0.6) is 0 Å². The highest BCUT2D eigenvalue weighted by molar-refractivity contribution is 5.95. The molecule has 2 aromatic rings. The number of hydrogen-bond acceptors (Lipinski definition) is 7. The molecule has 0 atom stereocenters. The van der Waals surface area contributed by atoms with E-state index >= 15 is 0 Å². The summed E-state index contributed by atoms with van der Waals surface area (Å²) >= 11 is 0. The normalized spacial score (nSPS) is 11.1. The fourth-order valence-electron chi connectivity index (χ4n) is 2.10. The Labute approximate surface area is 148 Å². The molecular formula is C16H17FN6O3. The average Bonchev–Trinajstić information content (AvgIpc) is 2.63. The van der Waals surface area contributed by atoms with Crippen molar-refractivity contribution in [2.75, 3.05) is 13.0 Å². The van der Waals surface area contributed by atoms with E-state index in [1.54, 1.807) is 19.1 Å². The van der Waals surface area contributed by atoms with Gasteiger partial charge in [-0.05, 0) is 24.1 Å². The van der Waals surface area contributed by atoms with Crippen molar-refractivity contribution in [2.24, 2.45) is 10.2 Å². The quantitative estimate of drug-likeness (QED) is 0.343. The smallest absolute Gasteiger partial charge is 0.356 e. The third-order valence-corrected chi connectivity index (χ3v) is 3.43. The number of nitrogens with two attached hydrogens (primary N) is 1. The predicted molar refractivity (Wildman–Crippen MR) is 91.1 cm³/mol. The summed E-state index contributed by atoms with van der Waals surface area (Å²) in [7, 11) is 1.17. The summed E-state index contributed by atoms with van der Waals surface area (Å²) in [5.41, 5.74) is 0.699. The zero-order valence-corrected chi connectivity index (χ0v) is 14.2. The summed E-state index contributed by atoms with van der Waals surface area (Å²) in [4.78, 5) is 28.1. The molecule has 10 heteroatoms. The summed E-state index contributed by atoms with van der Waals surface area (Å²) < 4.78 is 18.7. The molecule has 136 valence electrons. The highest BCUT2D eigenvalue weighted by Crippen LogP contribution is 2.09. The minimum Gasteiger partial charge on any atom is -0.464 e. The lowest BCUT2D eigenvalue weighted by molar-refractivity contribution is 0.0588. The molecule has 0 aliphatic rings. The number of methoxy groups -OCH3 is 1. The molecule has 26 heavy (non-hydrogen) atoms. The number of ether oxygens (including phenoxy) is 1. The summed E-state index contributed by atoms with van der Waals surface area (Å²) in [6, 6.07) is 5.65. The third kappa shape index (κ3) is 4.09. The molecular weight excluding hydrogens is 343 g/mol. The number of esters is 1. The third-order valence-electron chi connectivity index (χ3n) is 3.43. The molecule has 0 saturated heterocycles. The lowest BCUT2D eigenvalue weighted by Crippen LogP contribution is -2.38. The number of hydrogen-bond donors (Lipinski definition) is 2. The van der Waals surface area contributed by atoms with Gasteiger partial charge in [0, 0.05) is 19.3 Å². The molecule has 0 unspecified atom stereocenters. The van der Waals surface area contributed by atoms with Crippen molar-refractivity contribution in [3.63, 3.8) is 0 Å². The van der Waals surface area contributed by atoms with Gasteiger partial charge in [-0.25, -0.2) is 18.8 Å². The monoisotopic (exact) mass is 360 g/mol. The van der Waals surface area contributed by atoms with Crippen LogP contribution in [0, 0.1) is 12.7 Å². The standard InChI is InChI=1S/C16H17FN6O3/c1-9-6-10(4-5-11(9)17)8-20-14(24)12-7-13(15(25)26-3)23(18)16(21-12)22-19-2/h4-7H,2,8,18H2,1,3H3,(H,20,24)/b22-16-. The summed E-state index contributed by atoms with van der Waals surface area (Å²) in [5, 5.41) is 9.50. The second-order valence-electron chi connectivity index (χ2n) is 5.20. The molecule has 0 aliphatic heterocycles. The Bertz CT molecular complexity index is 938. The second kappa shape index (κ2) is 8.01. The largest absolute Gasteiger partial charge is 0.464 e. The number of aryl methyl sites for hydroxylation is 1. The van der Waals surface area contributed by atoms with Crippen molar-refractivity contribution in [3.05, 3.63) is 58.2 Å². The highest BCUT2D eigenvalue weighted by atomic mass is 19.1. The van der Waals surface area contributed by atoms with Crippen molar-refractivity contribution in [2.45, 2.75) is 13.5 Å². The predicted octanol–water partition coefficient (Wildman–Crippen LogP) is 0.277. The van der Waals surface area contributed by atoms with E-state index in [1.807, 2.05) is 0 Å². The molecule has 0 spiro atoms. The van der Waals surface area contributed by atoms with E-state index in [9.17, 15) is 14.0 Å². The number of halogens is 1. The number of benzene rings is 1. The highest BCUT2D eigenvalue weighted by Gasteiger charge is 2.17. The summed E-state index contributed by atoms with van der Waals surface area (Å²) in [6.45, 7) is 4.95. The molecule has 0 fully saturated rings. The maximum atomic E-state index is 13.3. The first-order valence-corrected chi connectivity index (χ1v) is 7.37. The zero-order chi connectivity index (χ0) is 19.3. The first-order valence-electron chi connectivity index (χ1n) is 7.37.